The molecule has 7 heteroatoms. The summed E-state index contributed by atoms with van der Waals surface area (Å²) in [5.41, 5.74) is 4.03. The van der Waals surface area contributed by atoms with Gasteiger partial charge in [-0.25, -0.2) is 14.4 Å². The average Bonchev–Trinajstić information content (AvgIpc) is 2.70. The van der Waals surface area contributed by atoms with Crippen LogP contribution in [0.4, 0.5) is 15.9 Å². The Morgan fingerprint density at radius 3 is 2.86 bits per heavy atom. The number of fused-ring (bicyclic) bond motifs is 1. The van der Waals surface area contributed by atoms with Crippen molar-refractivity contribution in [1.29, 1.82) is 0 Å². The summed E-state index contributed by atoms with van der Waals surface area (Å²) >= 11 is 5.86. The first-order valence-electron chi connectivity index (χ1n) is 8.64. The maximum Gasteiger partial charge on any atom is 0.162 e. The van der Waals surface area contributed by atoms with Gasteiger partial charge in [-0.2, -0.15) is 0 Å². The zero-order chi connectivity index (χ0) is 19.9. The van der Waals surface area contributed by atoms with Gasteiger partial charge < -0.3 is 14.8 Å². The van der Waals surface area contributed by atoms with Crippen molar-refractivity contribution >= 4 is 34.0 Å². The van der Waals surface area contributed by atoms with E-state index in [0.29, 0.717) is 35.1 Å². The molecule has 2 aromatic carbocycles. The summed E-state index contributed by atoms with van der Waals surface area (Å²) in [6, 6.07) is 8.00. The Bertz CT molecular complexity index is 1040. The van der Waals surface area contributed by atoms with Gasteiger partial charge in [-0.05, 0) is 43.2 Å². The number of unbranched alkanes of at least 4 members (excludes halogenated alkanes) is 1. The maximum absolute atomic E-state index is 13.4. The third-order valence-electron chi connectivity index (χ3n) is 4.00. The fourth-order valence-electron chi connectivity index (χ4n) is 2.62. The van der Waals surface area contributed by atoms with Crippen molar-refractivity contribution in [3.05, 3.63) is 65.9 Å². The molecule has 144 valence electrons. The van der Waals surface area contributed by atoms with Crippen molar-refractivity contribution in [1.82, 2.24) is 9.97 Å². The molecule has 0 aliphatic rings. The van der Waals surface area contributed by atoms with Crippen molar-refractivity contribution in [3.63, 3.8) is 0 Å². The normalized spacial score (nSPS) is 10.4. The standard InChI is InChI=1S/C21H19ClFN3O2/c1-3-4-5-6-9-28-20-11-15-18(12-19(20)27-2)24-13-25-21(15)26-14-7-8-17(23)16(22)10-14/h4,7-8,10-13H,1,5-6,9H2,2H3,(H,24,25,26). The van der Waals surface area contributed by atoms with E-state index in [1.165, 1.54) is 18.5 Å². The molecule has 3 rings (SSSR count). The molecule has 0 amide bonds. The molecular weight excluding hydrogens is 381 g/mol. The van der Waals surface area contributed by atoms with Gasteiger partial charge in [0.05, 0.1) is 24.3 Å². The molecule has 1 heterocycles. The monoisotopic (exact) mass is 399 g/mol. The number of hydrogen-bond donors (Lipinski definition) is 1. The largest absolute Gasteiger partial charge is 0.493 e. The first kappa shape index (κ1) is 19.7. The number of methoxy groups -OCH3 is 1. The van der Waals surface area contributed by atoms with Gasteiger partial charge in [0.1, 0.15) is 18.0 Å². The molecule has 28 heavy (non-hydrogen) atoms. The Morgan fingerprint density at radius 2 is 2.11 bits per heavy atom. The van der Waals surface area contributed by atoms with Crippen LogP contribution in [0, 0.1) is 5.82 Å². The molecule has 0 spiro atoms. The highest BCUT2D eigenvalue weighted by Gasteiger charge is 2.12. The quantitative estimate of drug-likeness (QED) is 0.390. The molecule has 0 radical (unpaired) electrons. The summed E-state index contributed by atoms with van der Waals surface area (Å²) in [5.74, 6) is 1.25. The summed E-state index contributed by atoms with van der Waals surface area (Å²) in [5, 5.41) is 3.92. The lowest BCUT2D eigenvalue weighted by Gasteiger charge is -2.14. The molecule has 0 saturated heterocycles. The number of anilines is 2. The molecule has 0 aliphatic carbocycles. The molecular formula is C21H19ClFN3O2. The van der Waals surface area contributed by atoms with Crippen LogP contribution in [0.15, 0.2) is 55.0 Å². The predicted molar refractivity (Wildman–Crippen MR) is 109 cm³/mol. The fraction of sp³-hybridized carbons (Fsp3) is 0.190. The Balaban J connectivity index is 1.91. The van der Waals surface area contributed by atoms with Crippen molar-refractivity contribution in [2.45, 2.75) is 12.8 Å². The highest BCUT2D eigenvalue weighted by Crippen LogP contribution is 2.35. The van der Waals surface area contributed by atoms with Gasteiger partial charge >= 0.3 is 0 Å². The smallest absolute Gasteiger partial charge is 0.162 e. The Kier molecular flexibility index (Phi) is 6.48. The number of nitrogens with one attached hydrogen (secondary N) is 1. The number of nitrogens with zero attached hydrogens (tertiary/aromatic N) is 2. The van der Waals surface area contributed by atoms with E-state index in [1.54, 1.807) is 19.2 Å². The molecule has 0 unspecified atom stereocenters. The van der Waals surface area contributed by atoms with E-state index < -0.39 is 5.82 Å². The van der Waals surface area contributed by atoms with Crippen molar-refractivity contribution < 1.29 is 13.9 Å². The number of allylic oxidation sites excluding steroid dienone is 1. The SMILES string of the molecule is C=C=CCCCOc1cc2c(Nc3ccc(F)c(Cl)c3)ncnc2cc1OC. The van der Waals surface area contributed by atoms with Crippen molar-refractivity contribution in [2.24, 2.45) is 0 Å². The summed E-state index contributed by atoms with van der Waals surface area (Å²) in [6.07, 6.45) is 4.97. The van der Waals surface area contributed by atoms with Crippen LogP contribution >= 0.6 is 11.6 Å². The van der Waals surface area contributed by atoms with E-state index >= 15 is 0 Å². The molecule has 0 aliphatic heterocycles. The molecule has 5 nitrogen and oxygen atoms in total. The second-order valence-electron chi connectivity index (χ2n) is 5.90. The van der Waals surface area contributed by atoms with E-state index in [9.17, 15) is 4.39 Å². The van der Waals surface area contributed by atoms with Gasteiger partial charge in [-0.1, -0.05) is 18.2 Å². The number of aromatic nitrogens is 2. The third kappa shape index (κ3) is 4.60. The van der Waals surface area contributed by atoms with E-state index in [1.807, 2.05) is 12.1 Å². The number of halogens is 2. The molecule has 0 atom stereocenters. The van der Waals surface area contributed by atoms with Crippen LogP contribution in [0.3, 0.4) is 0 Å². The first-order chi connectivity index (χ1) is 13.6. The number of ether oxygens (including phenoxy) is 2. The lowest BCUT2D eigenvalue weighted by molar-refractivity contribution is 0.291. The van der Waals surface area contributed by atoms with Gasteiger partial charge in [0.25, 0.3) is 0 Å². The van der Waals surface area contributed by atoms with Gasteiger partial charge in [-0.15, -0.1) is 5.73 Å². The topological polar surface area (TPSA) is 56.3 Å². The second-order valence-corrected chi connectivity index (χ2v) is 6.30. The highest BCUT2D eigenvalue weighted by molar-refractivity contribution is 6.31. The molecule has 1 aromatic heterocycles. The van der Waals surface area contributed by atoms with Crippen LogP contribution in [0.5, 0.6) is 11.5 Å². The third-order valence-corrected chi connectivity index (χ3v) is 4.29. The molecule has 0 saturated carbocycles. The minimum absolute atomic E-state index is 0.0302. The molecule has 0 fully saturated rings. The first-order valence-corrected chi connectivity index (χ1v) is 9.02. The van der Waals surface area contributed by atoms with E-state index in [-0.39, 0.29) is 5.02 Å². The minimum atomic E-state index is -0.480. The summed E-state index contributed by atoms with van der Waals surface area (Å²) < 4.78 is 24.7. The van der Waals surface area contributed by atoms with Gasteiger partial charge in [0, 0.05) is 17.1 Å². The summed E-state index contributed by atoms with van der Waals surface area (Å²) in [7, 11) is 1.58. The highest BCUT2D eigenvalue weighted by atomic mass is 35.5. The lowest BCUT2D eigenvalue weighted by Crippen LogP contribution is -2.01. The van der Waals surface area contributed by atoms with Crippen LogP contribution in [0.25, 0.3) is 10.9 Å². The molecule has 1 N–H and O–H groups in total. The van der Waals surface area contributed by atoms with Gasteiger partial charge in [0.2, 0.25) is 0 Å². The van der Waals surface area contributed by atoms with E-state index in [0.717, 1.165) is 18.2 Å². The van der Waals surface area contributed by atoms with Crippen molar-refractivity contribution in [2.75, 3.05) is 19.0 Å². The van der Waals surface area contributed by atoms with Crippen LogP contribution < -0.4 is 14.8 Å². The van der Waals surface area contributed by atoms with Crippen LogP contribution in [-0.4, -0.2) is 23.7 Å². The van der Waals surface area contributed by atoms with Crippen LogP contribution in [0.2, 0.25) is 5.02 Å². The fourth-order valence-corrected chi connectivity index (χ4v) is 2.80. The van der Waals surface area contributed by atoms with Crippen LogP contribution in [-0.2, 0) is 0 Å². The molecule has 3 aromatic rings. The zero-order valence-electron chi connectivity index (χ0n) is 15.3. The predicted octanol–water partition coefficient (Wildman–Crippen LogP) is 5.67. The Hall–Kier alpha value is -3.08. The number of hydrogen-bond acceptors (Lipinski definition) is 5. The second kappa shape index (κ2) is 9.22. The molecule has 0 bridgehead atoms. The van der Waals surface area contributed by atoms with Gasteiger partial charge in [-0.3, -0.25) is 0 Å². The summed E-state index contributed by atoms with van der Waals surface area (Å²) in [6.45, 7) is 4.06. The number of rotatable bonds is 8. The van der Waals surface area contributed by atoms with E-state index in [2.05, 4.69) is 27.6 Å². The van der Waals surface area contributed by atoms with Crippen molar-refractivity contribution in [3.8, 4) is 11.5 Å². The zero-order valence-corrected chi connectivity index (χ0v) is 16.1. The average molecular weight is 400 g/mol. The Labute approximate surface area is 167 Å². The maximum atomic E-state index is 13.4. The Morgan fingerprint density at radius 1 is 1.25 bits per heavy atom. The minimum Gasteiger partial charge on any atom is -0.493 e. The van der Waals surface area contributed by atoms with E-state index in [4.69, 9.17) is 21.1 Å². The number of benzene rings is 2. The lowest BCUT2D eigenvalue weighted by atomic mass is 10.2. The summed E-state index contributed by atoms with van der Waals surface area (Å²) in [4.78, 5) is 8.59. The van der Waals surface area contributed by atoms with Crippen LogP contribution in [0.1, 0.15) is 12.8 Å². The van der Waals surface area contributed by atoms with Gasteiger partial charge in [0.15, 0.2) is 11.5 Å².